The zero-order chi connectivity index (χ0) is 8.81. The van der Waals surface area contributed by atoms with Crippen molar-refractivity contribution in [3.05, 3.63) is 0 Å². The van der Waals surface area contributed by atoms with Crippen LogP contribution in [0.2, 0.25) is 0 Å². The van der Waals surface area contributed by atoms with Crippen LogP contribution in [0.5, 0.6) is 0 Å². The molecule has 0 radical (unpaired) electrons. The first-order valence-electron chi connectivity index (χ1n) is 4.09. The van der Waals surface area contributed by atoms with Crippen LogP contribution in [-0.2, 0) is 4.74 Å². The van der Waals surface area contributed by atoms with Crippen LogP contribution in [0.25, 0.3) is 0 Å². The Labute approximate surface area is 70.5 Å². The third-order valence-corrected chi connectivity index (χ3v) is 1.69. The van der Waals surface area contributed by atoms with Crippen molar-refractivity contribution in [2.24, 2.45) is 0 Å². The van der Waals surface area contributed by atoms with E-state index in [0.29, 0.717) is 19.8 Å². The molecule has 0 aliphatic carbocycles. The van der Waals surface area contributed by atoms with Crippen molar-refractivity contribution in [3.8, 4) is 0 Å². The van der Waals surface area contributed by atoms with Crippen molar-refractivity contribution < 1.29 is 13.5 Å². The highest BCUT2D eigenvalue weighted by Crippen LogP contribution is 1.92. The SMILES string of the molecule is FC(F)CNCC1COCCN1. The minimum Gasteiger partial charge on any atom is -0.378 e. The summed E-state index contributed by atoms with van der Waals surface area (Å²) < 4.78 is 28.5. The van der Waals surface area contributed by atoms with Gasteiger partial charge in [-0.1, -0.05) is 0 Å². The summed E-state index contributed by atoms with van der Waals surface area (Å²) in [6.45, 7) is 2.44. The van der Waals surface area contributed by atoms with E-state index in [0.717, 1.165) is 6.54 Å². The maximum Gasteiger partial charge on any atom is 0.250 e. The van der Waals surface area contributed by atoms with Gasteiger partial charge in [0.2, 0.25) is 0 Å². The van der Waals surface area contributed by atoms with Crippen LogP contribution in [0.15, 0.2) is 0 Å². The third-order valence-electron chi connectivity index (χ3n) is 1.69. The van der Waals surface area contributed by atoms with Crippen molar-refractivity contribution in [2.45, 2.75) is 12.5 Å². The summed E-state index contributed by atoms with van der Waals surface area (Å²) in [5.41, 5.74) is 0. The lowest BCUT2D eigenvalue weighted by molar-refractivity contribution is 0.0739. The molecular formula is C7H14F2N2O. The third kappa shape index (κ3) is 3.94. The molecule has 0 aromatic rings. The molecule has 0 aromatic heterocycles. The number of ether oxygens (including phenoxy) is 1. The van der Waals surface area contributed by atoms with Crippen molar-refractivity contribution in [3.63, 3.8) is 0 Å². The fraction of sp³-hybridized carbons (Fsp3) is 1.00. The van der Waals surface area contributed by atoms with Crippen LogP contribution in [-0.4, -0.2) is 45.3 Å². The second kappa shape index (κ2) is 5.40. The zero-order valence-electron chi connectivity index (χ0n) is 6.85. The molecule has 12 heavy (non-hydrogen) atoms. The molecular weight excluding hydrogens is 166 g/mol. The highest BCUT2D eigenvalue weighted by molar-refractivity contribution is 4.72. The van der Waals surface area contributed by atoms with E-state index in [-0.39, 0.29) is 12.6 Å². The number of morpholine rings is 1. The van der Waals surface area contributed by atoms with Gasteiger partial charge in [-0.25, -0.2) is 8.78 Å². The summed E-state index contributed by atoms with van der Waals surface area (Å²) in [7, 11) is 0. The summed E-state index contributed by atoms with van der Waals surface area (Å²) in [6, 6.07) is 0.178. The van der Waals surface area contributed by atoms with E-state index in [1.54, 1.807) is 0 Å². The van der Waals surface area contributed by atoms with Crippen LogP contribution in [0.4, 0.5) is 8.78 Å². The number of hydrogen-bond donors (Lipinski definition) is 2. The van der Waals surface area contributed by atoms with E-state index < -0.39 is 6.43 Å². The first-order chi connectivity index (χ1) is 5.79. The average molecular weight is 180 g/mol. The lowest BCUT2D eigenvalue weighted by Crippen LogP contribution is -2.47. The lowest BCUT2D eigenvalue weighted by Gasteiger charge is -2.23. The van der Waals surface area contributed by atoms with Crippen molar-refractivity contribution in [1.29, 1.82) is 0 Å². The van der Waals surface area contributed by atoms with Gasteiger partial charge in [0, 0.05) is 19.1 Å². The molecule has 0 spiro atoms. The summed E-state index contributed by atoms with van der Waals surface area (Å²) >= 11 is 0. The van der Waals surface area contributed by atoms with Gasteiger partial charge in [0.15, 0.2) is 0 Å². The predicted molar refractivity (Wildman–Crippen MR) is 41.5 cm³/mol. The Kier molecular flexibility index (Phi) is 4.42. The molecule has 1 heterocycles. The Hall–Kier alpha value is -0.260. The summed E-state index contributed by atoms with van der Waals surface area (Å²) in [5.74, 6) is 0. The van der Waals surface area contributed by atoms with E-state index in [1.807, 2.05) is 0 Å². The number of rotatable bonds is 4. The molecule has 1 saturated heterocycles. The molecule has 1 atom stereocenters. The van der Waals surface area contributed by atoms with Gasteiger partial charge in [-0.3, -0.25) is 0 Å². The second-order valence-corrected chi connectivity index (χ2v) is 2.78. The summed E-state index contributed by atoms with van der Waals surface area (Å²) in [4.78, 5) is 0. The lowest BCUT2D eigenvalue weighted by atomic mass is 10.3. The normalized spacial score (nSPS) is 24.8. The van der Waals surface area contributed by atoms with Gasteiger partial charge in [-0.05, 0) is 0 Å². The smallest absolute Gasteiger partial charge is 0.250 e. The minimum absolute atomic E-state index is 0.178. The van der Waals surface area contributed by atoms with E-state index in [4.69, 9.17) is 4.74 Å². The Morgan fingerprint density at radius 3 is 3.00 bits per heavy atom. The fourth-order valence-electron chi connectivity index (χ4n) is 1.12. The Morgan fingerprint density at radius 1 is 1.58 bits per heavy atom. The molecule has 0 aromatic carbocycles. The molecule has 3 nitrogen and oxygen atoms in total. The van der Waals surface area contributed by atoms with Crippen LogP contribution < -0.4 is 10.6 Å². The van der Waals surface area contributed by atoms with Gasteiger partial charge in [-0.15, -0.1) is 0 Å². The number of hydrogen-bond acceptors (Lipinski definition) is 3. The molecule has 1 unspecified atom stereocenters. The van der Waals surface area contributed by atoms with E-state index in [1.165, 1.54) is 0 Å². The first-order valence-corrected chi connectivity index (χ1v) is 4.09. The Morgan fingerprint density at radius 2 is 2.42 bits per heavy atom. The largest absolute Gasteiger partial charge is 0.378 e. The monoisotopic (exact) mass is 180 g/mol. The molecule has 0 bridgehead atoms. The minimum atomic E-state index is -2.27. The first kappa shape index (κ1) is 9.83. The highest BCUT2D eigenvalue weighted by Gasteiger charge is 2.12. The Bertz CT molecular complexity index is 118. The maximum absolute atomic E-state index is 11.7. The van der Waals surface area contributed by atoms with Crippen molar-refractivity contribution in [2.75, 3.05) is 32.8 Å². The predicted octanol–water partition coefficient (Wildman–Crippen LogP) is -0.171. The molecule has 1 fully saturated rings. The molecule has 0 saturated carbocycles. The molecule has 5 heteroatoms. The number of nitrogens with one attached hydrogen (secondary N) is 2. The van der Waals surface area contributed by atoms with Crippen molar-refractivity contribution >= 4 is 0 Å². The van der Waals surface area contributed by atoms with Gasteiger partial charge >= 0.3 is 0 Å². The number of alkyl halides is 2. The number of halogens is 2. The quantitative estimate of drug-likeness (QED) is 0.630. The zero-order valence-corrected chi connectivity index (χ0v) is 6.85. The molecule has 1 rings (SSSR count). The van der Waals surface area contributed by atoms with E-state index >= 15 is 0 Å². The molecule has 0 amide bonds. The topological polar surface area (TPSA) is 33.3 Å². The summed E-state index contributed by atoms with van der Waals surface area (Å²) in [5, 5.41) is 5.82. The van der Waals surface area contributed by atoms with Crippen molar-refractivity contribution in [1.82, 2.24) is 10.6 Å². The van der Waals surface area contributed by atoms with Crippen LogP contribution >= 0.6 is 0 Å². The maximum atomic E-state index is 11.7. The van der Waals surface area contributed by atoms with E-state index in [9.17, 15) is 8.78 Å². The van der Waals surface area contributed by atoms with Crippen LogP contribution in [0.3, 0.4) is 0 Å². The van der Waals surface area contributed by atoms with Gasteiger partial charge in [0.05, 0.1) is 19.8 Å². The molecule has 1 aliphatic rings. The standard InChI is InChI=1S/C7H14F2N2O/c8-7(9)4-10-3-6-5-12-2-1-11-6/h6-7,10-11H,1-5H2. The van der Waals surface area contributed by atoms with Gasteiger partial charge < -0.3 is 15.4 Å². The van der Waals surface area contributed by atoms with Gasteiger partial charge in [0.25, 0.3) is 6.43 Å². The summed E-state index contributed by atoms with van der Waals surface area (Å²) in [6.07, 6.45) is -2.27. The van der Waals surface area contributed by atoms with E-state index in [2.05, 4.69) is 10.6 Å². The molecule has 72 valence electrons. The molecule has 2 N–H and O–H groups in total. The van der Waals surface area contributed by atoms with Gasteiger partial charge in [0.1, 0.15) is 0 Å². The highest BCUT2D eigenvalue weighted by atomic mass is 19.3. The van der Waals surface area contributed by atoms with Crippen LogP contribution in [0.1, 0.15) is 0 Å². The molecule has 1 aliphatic heterocycles. The fourth-order valence-corrected chi connectivity index (χ4v) is 1.12. The average Bonchev–Trinajstić information content (AvgIpc) is 2.05. The van der Waals surface area contributed by atoms with Gasteiger partial charge in [-0.2, -0.15) is 0 Å². The van der Waals surface area contributed by atoms with Crippen LogP contribution in [0, 0.1) is 0 Å². The second-order valence-electron chi connectivity index (χ2n) is 2.78. The Balaban J connectivity index is 1.98.